The second-order valence-corrected chi connectivity index (χ2v) is 5.06. The lowest BCUT2D eigenvalue weighted by molar-refractivity contribution is 0.166. The third kappa shape index (κ3) is 2.05. The van der Waals surface area contributed by atoms with E-state index in [4.69, 9.17) is 0 Å². The fourth-order valence-electron chi connectivity index (χ4n) is 3.07. The molecule has 1 aromatic rings. The van der Waals surface area contributed by atoms with Gasteiger partial charge in [0, 0.05) is 44.5 Å². The second kappa shape index (κ2) is 4.67. The largest absolute Gasteiger partial charge is 0.384 e. The van der Waals surface area contributed by atoms with E-state index in [9.17, 15) is 0 Å². The summed E-state index contributed by atoms with van der Waals surface area (Å²) in [6.07, 6.45) is 1.23. The number of para-hydroxylation sites is 1. The minimum atomic E-state index is 0.619. The molecule has 1 fully saturated rings. The van der Waals surface area contributed by atoms with Crippen molar-refractivity contribution < 1.29 is 0 Å². The highest BCUT2D eigenvalue weighted by Gasteiger charge is 2.27. The summed E-state index contributed by atoms with van der Waals surface area (Å²) in [4.78, 5) is 2.63. The van der Waals surface area contributed by atoms with Gasteiger partial charge in [-0.1, -0.05) is 18.2 Å². The number of piperazine rings is 1. The average Bonchev–Trinajstić information content (AvgIpc) is 2.40. The van der Waals surface area contributed by atoms with E-state index in [0.29, 0.717) is 6.04 Å². The van der Waals surface area contributed by atoms with Gasteiger partial charge in [0.1, 0.15) is 0 Å². The van der Waals surface area contributed by atoms with Gasteiger partial charge in [-0.05, 0) is 24.5 Å². The van der Waals surface area contributed by atoms with E-state index in [1.54, 1.807) is 0 Å². The van der Waals surface area contributed by atoms with Crippen molar-refractivity contribution in [2.24, 2.45) is 0 Å². The van der Waals surface area contributed by atoms with Gasteiger partial charge in [-0.15, -0.1) is 0 Å². The van der Waals surface area contributed by atoms with Crippen LogP contribution in [-0.2, 0) is 0 Å². The molecule has 0 spiro atoms. The fourth-order valence-corrected chi connectivity index (χ4v) is 3.07. The highest BCUT2D eigenvalue weighted by atomic mass is 15.2. The zero-order chi connectivity index (χ0) is 11.7. The van der Waals surface area contributed by atoms with Gasteiger partial charge >= 0.3 is 0 Å². The quantitative estimate of drug-likeness (QED) is 0.771. The van der Waals surface area contributed by atoms with Crippen molar-refractivity contribution in [1.29, 1.82) is 0 Å². The molecule has 3 heteroatoms. The number of fused-ring (bicyclic) bond motifs is 1. The van der Waals surface area contributed by atoms with Crippen LogP contribution in [0.3, 0.4) is 0 Å². The molecule has 0 amide bonds. The lowest BCUT2D eigenvalue weighted by atomic mass is 9.93. The van der Waals surface area contributed by atoms with Crippen LogP contribution in [0.2, 0.25) is 0 Å². The summed E-state index contributed by atoms with van der Waals surface area (Å²) in [6, 6.07) is 7.30. The summed E-state index contributed by atoms with van der Waals surface area (Å²) in [5.74, 6) is 0. The summed E-state index contributed by atoms with van der Waals surface area (Å²) in [6.45, 7) is 7.92. The normalized spacial score (nSPS) is 25.1. The smallest absolute Gasteiger partial charge is 0.0418 e. The zero-order valence-electron chi connectivity index (χ0n) is 10.5. The van der Waals surface area contributed by atoms with Crippen LogP contribution in [-0.4, -0.2) is 37.6 Å². The summed E-state index contributed by atoms with van der Waals surface area (Å²) in [5, 5.41) is 6.99. The topological polar surface area (TPSA) is 27.3 Å². The van der Waals surface area contributed by atoms with Gasteiger partial charge in [0.25, 0.3) is 0 Å². The Balaban J connectivity index is 1.90. The molecular formula is C14H21N3. The van der Waals surface area contributed by atoms with Crippen LogP contribution in [0.5, 0.6) is 0 Å². The Bertz CT molecular complexity index is 396. The number of hydrogen-bond acceptors (Lipinski definition) is 3. The minimum absolute atomic E-state index is 0.619. The Morgan fingerprint density at radius 2 is 2.00 bits per heavy atom. The van der Waals surface area contributed by atoms with Gasteiger partial charge in [0.15, 0.2) is 0 Å². The van der Waals surface area contributed by atoms with E-state index in [1.165, 1.54) is 36.3 Å². The zero-order valence-corrected chi connectivity index (χ0v) is 10.5. The molecule has 1 unspecified atom stereocenters. The van der Waals surface area contributed by atoms with Crippen molar-refractivity contribution in [3.63, 3.8) is 0 Å². The lowest BCUT2D eigenvalue weighted by Gasteiger charge is -2.39. The predicted octanol–water partition coefficient (Wildman–Crippen LogP) is 1.76. The maximum Gasteiger partial charge on any atom is 0.0418 e. The van der Waals surface area contributed by atoms with Crippen molar-refractivity contribution >= 4 is 5.69 Å². The molecule has 3 nitrogen and oxygen atoms in total. The Kier molecular flexibility index (Phi) is 3.04. The van der Waals surface area contributed by atoms with Gasteiger partial charge in [0.2, 0.25) is 0 Å². The number of rotatable bonds is 1. The molecule has 92 valence electrons. The van der Waals surface area contributed by atoms with Gasteiger partial charge in [0.05, 0.1) is 0 Å². The van der Waals surface area contributed by atoms with Crippen LogP contribution < -0.4 is 10.6 Å². The van der Waals surface area contributed by atoms with E-state index in [-0.39, 0.29) is 0 Å². The van der Waals surface area contributed by atoms with Gasteiger partial charge in [-0.2, -0.15) is 0 Å². The van der Waals surface area contributed by atoms with Crippen molar-refractivity contribution in [2.75, 3.05) is 38.0 Å². The minimum Gasteiger partial charge on any atom is -0.384 e. The molecule has 1 aromatic carbocycles. The van der Waals surface area contributed by atoms with Crippen molar-refractivity contribution in [1.82, 2.24) is 10.2 Å². The molecule has 2 aliphatic heterocycles. The maximum absolute atomic E-state index is 3.56. The third-order valence-corrected chi connectivity index (χ3v) is 3.98. The van der Waals surface area contributed by atoms with Crippen molar-refractivity contribution in [3.05, 3.63) is 29.3 Å². The highest BCUT2D eigenvalue weighted by molar-refractivity contribution is 5.60. The standard InChI is InChI=1S/C14H21N3/c1-11-3-2-4-12-13(5-6-16-14(11)12)17-9-7-15-8-10-17/h2-4,13,15-16H,5-10H2,1H3. The van der Waals surface area contributed by atoms with Crippen LogP contribution in [0.1, 0.15) is 23.6 Å². The lowest BCUT2D eigenvalue weighted by Crippen LogP contribution is -2.46. The molecule has 0 aliphatic carbocycles. The SMILES string of the molecule is Cc1cccc2c1NCCC2N1CCNCC1. The highest BCUT2D eigenvalue weighted by Crippen LogP contribution is 2.35. The molecule has 3 rings (SSSR count). The van der Waals surface area contributed by atoms with Gasteiger partial charge in [-0.25, -0.2) is 0 Å². The number of nitrogens with one attached hydrogen (secondary N) is 2. The first-order valence-electron chi connectivity index (χ1n) is 6.64. The van der Waals surface area contributed by atoms with Crippen molar-refractivity contribution in [2.45, 2.75) is 19.4 Å². The first-order valence-corrected chi connectivity index (χ1v) is 6.64. The Morgan fingerprint density at radius 3 is 2.82 bits per heavy atom. The van der Waals surface area contributed by atoms with E-state index in [1.807, 2.05) is 0 Å². The summed E-state index contributed by atoms with van der Waals surface area (Å²) in [5.41, 5.74) is 4.25. The fraction of sp³-hybridized carbons (Fsp3) is 0.571. The predicted molar refractivity (Wildman–Crippen MR) is 71.5 cm³/mol. The molecular weight excluding hydrogens is 210 g/mol. The molecule has 0 saturated carbocycles. The summed E-state index contributed by atoms with van der Waals surface area (Å²) < 4.78 is 0. The molecule has 2 heterocycles. The van der Waals surface area contributed by atoms with Crippen LogP contribution in [0.25, 0.3) is 0 Å². The Labute approximate surface area is 103 Å². The first kappa shape index (κ1) is 11.1. The molecule has 2 N–H and O–H groups in total. The van der Waals surface area contributed by atoms with Crippen molar-refractivity contribution in [3.8, 4) is 0 Å². The maximum atomic E-state index is 3.56. The van der Waals surface area contributed by atoms with E-state index in [2.05, 4.69) is 40.7 Å². The summed E-state index contributed by atoms with van der Waals surface area (Å²) >= 11 is 0. The number of aryl methyl sites for hydroxylation is 1. The molecule has 0 radical (unpaired) electrons. The second-order valence-electron chi connectivity index (χ2n) is 5.06. The van der Waals surface area contributed by atoms with Gasteiger partial charge < -0.3 is 10.6 Å². The van der Waals surface area contributed by atoms with E-state index < -0.39 is 0 Å². The number of anilines is 1. The van der Waals surface area contributed by atoms with Crippen LogP contribution in [0, 0.1) is 6.92 Å². The molecule has 1 atom stereocenters. The monoisotopic (exact) mass is 231 g/mol. The van der Waals surface area contributed by atoms with E-state index in [0.717, 1.165) is 19.6 Å². The molecule has 1 saturated heterocycles. The number of hydrogen-bond donors (Lipinski definition) is 2. The Hall–Kier alpha value is -1.06. The van der Waals surface area contributed by atoms with Gasteiger partial charge in [-0.3, -0.25) is 4.90 Å². The average molecular weight is 231 g/mol. The van der Waals surface area contributed by atoms with Crippen LogP contribution in [0.4, 0.5) is 5.69 Å². The molecule has 17 heavy (non-hydrogen) atoms. The van der Waals surface area contributed by atoms with Crippen LogP contribution >= 0.6 is 0 Å². The third-order valence-electron chi connectivity index (χ3n) is 3.98. The molecule has 0 bridgehead atoms. The summed E-state index contributed by atoms with van der Waals surface area (Å²) in [7, 11) is 0. The molecule has 0 aromatic heterocycles. The van der Waals surface area contributed by atoms with E-state index >= 15 is 0 Å². The number of nitrogens with zero attached hydrogens (tertiary/aromatic N) is 1. The number of benzene rings is 1. The molecule has 2 aliphatic rings. The first-order chi connectivity index (χ1) is 8.36. The Morgan fingerprint density at radius 1 is 1.18 bits per heavy atom. The van der Waals surface area contributed by atoms with Crippen LogP contribution in [0.15, 0.2) is 18.2 Å².